The van der Waals surface area contributed by atoms with E-state index in [0.29, 0.717) is 6.42 Å². The lowest BCUT2D eigenvalue weighted by molar-refractivity contribution is -0.120. The molecule has 0 saturated carbocycles. The van der Waals surface area contributed by atoms with Crippen LogP contribution in [-0.2, 0) is 11.3 Å². The molecule has 3 amide bonds. The van der Waals surface area contributed by atoms with Crippen LogP contribution in [0.15, 0.2) is 24.3 Å². The third-order valence-electron chi connectivity index (χ3n) is 4.26. The van der Waals surface area contributed by atoms with Gasteiger partial charge in [-0.15, -0.1) is 0 Å². The van der Waals surface area contributed by atoms with Gasteiger partial charge in [0.25, 0.3) is 0 Å². The van der Waals surface area contributed by atoms with E-state index in [2.05, 4.69) is 46.3 Å². The number of amides is 3. The Morgan fingerprint density at radius 1 is 1.13 bits per heavy atom. The molecule has 0 unspecified atom stereocenters. The molecule has 1 aliphatic heterocycles. The van der Waals surface area contributed by atoms with E-state index in [0.717, 1.165) is 45.7 Å². The van der Waals surface area contributed by atoms with E-state index in [1.54, 1.807) is 0 Å². The fourth-order valence-electron chi connectivity index (χ4n) is 2.86. The normalized spacial score (nSPS) is 16.2. The van der Waals surface area contributed by atoms with Crippen molar-refractivity contribution < 1.29 is 9.59 Å². The van der Waals surface area contributed by atoms with Crippen LogP contribution in [0.2, 0.25) is 0 Å². The van der Waals surface area contributed by atoms with Gasteiger partial charge in [0.2, 0.25) is 5.91 Å². The number of hydrogen-bond acceptors (Lipinski definition) is 4. The highest BCUT2D eigenvalue weighted by atomic mass is 16.2. The number of carbonyl (C=O) groups is 2. The standard InChI is InChI=1S/C17H26N4O2/c1-14-5-2-3-6-15(14)13-21-11-9-20(10-12-21)8-4-7-16(22)19-17(18)23/h2-3,5-6H,4,7-13H2,1H3,(H3,18,19,22,23). The largest absolute Gasteiger partial charge is 0.351 e. The van der Waals surface area contributed by atoms with Crippen LogP contribution in [0.25, 0.3) is 0 Å². The topological polar surface area (TPSA) is 78.7 Å². The molecule has 6 heteroatoms. The SMILES string of the molecule is Cc1ccccc1CN1CCN(CCCC(=O)NC(N)=O)CC1. The predicted molar refractivity (Wildman–Crippen MR) is 89.9 cm³/mol. The van der Waals surface area contributed by atoms with Crippen molar-refractivity contribution in [3.63, 3.8) is 0 Å². The highest BCUT2D eigenvalue weighted by molar-refractivity contribution is 5.93. The second-order valence-electron chi connectivity index (χ2n) is 6.06. The van der Waals surface area contributed by atoms with Gasteiger partial charge in [0.15, 0.2) is 0 Å². The lowest BCUT2D eigenvalue weighted by Crippen LogP contribution is -2.46. The van der Waals surface area contributed by atoms with Crippen molar-refractivity contribution in [1.82, 2.24) is 15.1 Å². The number of nitrogens with zero attached hydrogens (tertiary/aromatic N) is 2. The summed E-state index contributed by atoms with van der Waals surface area (Å²) in [5.74, 6) is -0.296. The number of piperazine rings is 1. The van der Waals surface area contributed by atoms with Crippen molar-refractivity contribution in [3.05, 3.63) is 35.4 Å². The molecule has 0 atom stereocenters. The van der Waals surface area contributed by atoms with Crippen LogP contribution in [0.4, 0.5) is 4.79 Å². The third kappa shape index (κ3) is 6.00. The zero-order valence-electron chi connectivity index (χ0n) is 13.8. The molecule has 0 radical (unpaired) electrons. The van der Waals surface area contributed by atoms with Crippen LogP contribution in [0.3, 0.4) is 0 Å². The Morgan fingerprint density at radius 2 is 1.78 bits per heavy atom. The molecule has 0 aliphatic carbocycles. The second kappa shape index (κ2) is 8.64. The fraction of sp³-hybridized carbons (Fsp3) is 0.529. The van der Waals surface area contributed by atoms with Crippen molar-refractivity contribution in [3.8, 4) is 0 Å². The van der Waals surface area contributed by atoms with E-state index in [-0.39, 0.29) is 5.91 Å². The Balaban J connectivity index is 1.65. The van der Waals surface area contributed by atoms with E-state index in [9.17, 15) is 9.59 Å². The number of urea groups is 1. The van der Waals surface area contributed by atoms with Crippen LogP contribution < -0.4 is 11.1 Å². The van der Waals surface area contributed by atoms with Gasteiger partial charge in [-0.1, -0.05) is 24.3 Å². The minimum atomic E-state index is -0.778. The molecule has 1 aromatic rings. The van der Waals surface area contributed by atoms with Gasteiger partial charge in [0, 0.05) is 39.1 Å². The summed E-state index contributed by atoms with van der Waals surface area (Å²) in [5, 5.41) is 2.09. The predicted octanol–water partition coefficient (Wildman–Crippen LogP) is 1.09. The van der Waals surface area contributed by atoms with Crippen molar-refractivity contribution in [2.75, 3.05) is 32.7 Å². The molecule has 3 N–H and O–H groups in total. The maximum atomic E-state index is 11.3. The molecular weight excluding hydrogens is 292 g/mol. The van der Waals surface area contributed by atoms with Gasteiger partial charge in [-0.3, -0.25) is 15.0 Å². The van der Waals surface area contributed by atoms with Gasteiger partial charge >= 0.3 is 6.03 Å². The van der Waals surface area contributed by atoms with Gasteiger partial charge in [-0.2, -0.15) is 0 Å². The number of hydrogen-bond donors (Lipinski definition) is 2. The smallest absolute Gasteiger partial charge is 0.318 e. The van der Waals surface area contributed by atoms with E-state index >= 15 is 0 Å². The van der Waals surface area contributed by atoms with Gasteiger partial charge in [0.05, 0.1) is 0 Å². The summed E-state index contributed by atoms with van der Waals surface area (Å²) >= 11 is 0. The van der Waals surface area contributed by atoms with Crippen LogP contribution in [0.5, 0.6) is 0 Å². The number of aryl methyl sites for hydroxylation is 1. The van der Waals surface area contributed by atoms with E-state index in [1.807, 2.05) is 0 Å². The van der Waals surface area contributed by atoms with Gasteiger partial charge in [0.1, 0.15) is 0 Å². The molecule has 0 spiro atoms. The molecule has 1 aromatic carbocycles. The van der Waals surface area contributed by atoms with Crippen molar-refractivity contribution in [2.24, 2.45) is 5.73 Å². The maximum absolute atomic E-state index is 11.3. The molecule has 126 valence electrons. The summed E-state index contributed by atoms with van der Waals surface area (Å²) < 4.78 is 0. The van der Waals surface area contributed by atoms with E-state index in [1.165, 1.54) is 11.1 Å². The highest BCUT2D eigenvalue weighted by Gasteiger charge is 2.17. The molecule has 1 fully saturated rings. The lowest BCUT2D eigenvalue weighted by Gasteiger charge is -2.35. The quantitative estimate of drug-likeness (QED) is 0.823. The van der Waals surface area contributed by atoms with Crippen molar-refractivity contribution in [1.29, 1.82) is 0 Å². The minimum absolute atomic E-state index is 0.296. The number of primary amides is 1. The number of nitrogens with one attached hydrogen (secondary N) is 1. The Kier molecular flexibility index (Phi) is 6.55. The van der Waals surface area contributed by atoms with Gasteiger partial charge < -0.3 is 10.6 Å². The second-order valence-corrected chi connectivity index (χ2v) is 6.06. The first kappa shape index (κ1) is 17.4. The van der Waals surface area contributed by atoms with Gasteiger partial charge in [-0.25, -0.2) is 4.79 Å². The molecular formula is C17H26N4O2. The summed E-state index contributed by atoms with van der Waals surface area (Å²) in [7, 11) is 0. The molecule has 0 aromatic heterocycles. The zero-order valence-corrected chi connectivity index (χ0v) is 13.8. The summed E-state index contributed by atoms with van der Waals surface area (Å²) in [5.41, 5.74) is 7.65. The molecule has 1 saturated heterocycles. The number of nitrogens with two attached hydrogens (primary N) is 1. The van der Waals surface area contributed by atoms with E-state index < -0.39 is 6.03 Å². The molecule has 0 bridgehead atoms. The highest BCUT2D eigenvalue weighted by Crippen LogP contribution is 2.12. The lowest BCUT2D eigenvalue weighted by atomic mass is 10.1. The molecule has 1 heterocycles. The fourth-order valence-corrected chi connectivity index (χ4v) is 2.86. The summed E-state index contributed by atoms with van der Waals surface area (Å²) in [6.07, 6.45) is 1.09. The minimum Gasteiger partial charge on any atom is -0.351 e. The van der Waals surface area contributed by atoms with Crippen molar-refractivity contribution in [2.45, 2.75) is 26.3 Å². The Hall–Kier alpha value is -1.92. The van der Waals surface area contributed by atoms with Crippen LogP contribution in [0.1, 0.15) is 24.0 Å². The van der Waals surface area contributed by atoms with Crippen LogP contribution in [0, 0.1) is 6.92 Å². The first-order valence-electron chi connectivity index (χ1n) is 8.13. The number of benzene rings is 1. The molecule has 2 rings (SSSR count). The Labute approximate surface area is 137 Å². The summed E-state index contributed by atoms with van der Waals surface area (Å²) in [6, 6.07) is 7.74. The third-order valence-corrected chi connectivity index (χ3v) is 4.26. The molecule has 1 aliphatic rings. The average Bonchev–Trinajstić information content (AvgIpc) is 2.50. The maximum Gasteiger partial charge on any atom is 0.318 e. The first-order chi connectivity index (χ1) is 11.0. The number of rotatable bonds is 6. The zero-order chi connectivity index (χ0) is 16.7. The Morgan fingerprint density at radius 3 is 2.43 bits per heavy atom. The molecule has 23 heavy (non-hydrogen) atoms. The summed E-state index contributed by atoms with van der Waals surface area (Å²) in [6.45, 7) is 8.16. The molecule has 6 nitrogen and oxygen atoms in total. The number of carbonyl (C=O) groups excluding carboxylic acids is 2. The van der Waals surface area contributed by atoms with Crippen LogP contribution in [-0.4, -0.2) is 54.5 Å². The van der Waals surface area contributed by atoms with Gasteiger partial charge in [-0.05, 0) is 31.0 Å². The first-order valence-corrected chi connectivity index (χ1v) is 8.13. The van der Waals surface area contributed by atoms with Crippen LogP contribution >= 0.6 is 0 Å². The summed E-state index contributed by atoms with van der Waals surface area (Å²) in [4.78, 5) is 26.7. The monoisotopic (exact) mass is 318 g/mol. The van der Waals surface area contributed by atoms with E-state index in [4.69, 9.17) is 5.73 Å². The average molecular weight is 318 g/mol. The Bertz CT molecular complexity index is 539. The van der Waals surface area contributed by atoms with Crippen molar-refractivity contribution >= 4 is 11.9 Å². The number of imide groups is 1.